The van der Waals surface area contributed by atoms with E-state index in [-0.39, 0.29) is 0 Å². The monoisotopic (exact) mass is 272 g/mol. The SMILES string of the molecule is CN(C1CCCCCC1)C1CCNCc2ccccc21. The maximum absolute atomic E-state index is 3.58. The Balaban J connectivity index is 1.81. The number of nitrogens with zero attached hydrogens (tertiary/aromatic N) is 1. The van der Waals surface area contributed by atoms with Crippen LogP contribution in [-0.2, 0) is 6.54 Å². The van der Waals surface area contributed by atoms with Crippen LogP contribution in [-0.4, -0.2) is 24.5 Å². The van der Waals surface area contributed by atoms with Crippen molar-refractivity contribution in [1.82, 2.24) is 10.2 Å². The standard InChI is InChI=1S/C18H28N2/c1-20(16-9-4-2-3-5-10-16)18-12-13-19-14-15-8-6-7-11-17(15)18/h6-8,11,16,18-19H,2-5,9-10,12-14H2,1H3. The second kappa shape index (κ2) is 6.73. The maximum atomic E-state index is 3.58. The van der Waals surface area contributed by atoms with Gasteiger partial charge in [-0.05, 0) is 44.0 Å². The summed E-state index contributed by atoms with van der Waals surface area (Å²) in [7, 11) is 2.36. The largest absolute Gasteiger partial charge is 0.313 e. The van der Waals surface area contributed by atoms with E-state index in [9.17, 15) is 0 Å². The Bertz CT molecular complexity index is 421. The summed E-state index contributed by atoms with van der Waals surface area (Å²) >= 11 is 0. The molecule has 1 aromatic carbocycles. The van der Waals surface area contributed by atoms with E-state index in [4.69, 9.17) is 0 Å². The molecule has 0 aromatic heterocycles. The minimum Gasteiger partial charge on any atom is -0.313 e. The zero-order valence-corrected chi connectivity index (χ0v) is 12.8. The number of hydrogen-bond donors (Lipinski definition) is 1. The fourth-order valence-corrected chi connectivity index (χ4v) is 3.98. The van der Waals surface area contributed by atoms with Crippen molar-refractivity contribution in [2.45, 2.75) is 63.6 Å². The summed E-state index contributed by atoms with van der Waals surface area (Å²) in [6, 6.07) is 10.4. The van der Waals surface area contributed by atoms with Crippen LogP contribution in [0.5, 0.6) is 0 Å². The Hall–Kier alpha value is -0.860. The van der Waals surface area contributed by atoms with Crippen LogP contribution in [0, 0.1) is 0 Å². The van der Waals surface area contributed by atoms with E-state index < -0.39 is 0 Å². The van der Waals surface area contributed by atoms with Gasteiger partial charge in [0.15, 0.2) is 0 Å². The van der Waals surface area contributed by atoms with Crippen molar-refractivity contribution in [3.8, 4) is 0 Å². The van der Waals surface area contributed by atoms with Gasteiger partial charge in [0.2, 0.25) is 0 Å². The van der Waals surface area contributed by atoms with Gasteiger partial charge in [-0.1, -0.05) is 49.9 Å². The first kappa shape index (κ1) is 14.1. The zero-order valence-electron chi connectivity index (χ0n) is 12.8. The highest BCUT2D eigenvalue weighted by atomic mass is 15.2. The van der Waals surface area contributed by atoms with Gasteiger partial charge in [0.1, 0.15) is 0 Å². The summed E-state index contributed by atoms with van der Waals surface area (Å²) in [6.07, 6.45) is 9.73. The van der Waals surface area contributed by atoms with Crippen LogP contribution in [0.4, 0.5) is 0 Å². The molecule has 0 amide bonds. The van der Waals surface area contributed by atoms with Gasteiger partial charge in [-0.25, -0.2) is 0 Å². The van der Waals surface area contributed by atoms with E-state index in [1.165, 1.54) is 50.5 Å². The first-order valence-electron chi connectivity index (χ1n) is 8.37. The predicted octanol–water partition coefficient (Wildman–Crippen LogP) is 3.88. The molecule has 1 aliphatic heterocycles. The number of hydrogen-bond acceptors (Lipinski definition) is 2. The Kier molecular flexibility index (Phi) is 4.74. The summed E-state index contributed by atoms with van der Waals surface area (Å²) in [6.45, 7) is 2.17. The summed E-state index contributed by atoms with van der Waals surface area (Å²) in [5.74, 6) is 0. The number of benzene rings is 1. The molecule has 1 N–H and O–H groups in total. The molecule has 2 heteroatoms. The van der Waals surface area contributed by atoms with E-state index in [0.29, 0.717) is 6.04 Å². The normalized spacial score (nSPS) is 25.0. The van der Waals surface area contributed by atoms with Crippen LogP contribution in [0.2, 0.25) is 0 Å². The molecule has 2 aliphatic rings. The fraction of sp³-hybridized carbons (Fsp3) is 0.667. The molecule has 1 atom stereocenters. The Morgan fingerprint density at radius 2 is 1.75 bits per heavy atom. The Labute approximate surface area is 123 Å². The average Bonchev–Trinajstić information content (AvgIpc) is 2.87. The van der Waals surface area contributed by atoms with E-state index >= 15 is 0 Å². The van der Waals surface area contributed by atoms with Crippen LogP contribution in [0.15, 0.2) is 24.3 Å². The lowest BCUT2D eigenvalue weighted by molar-refractivity contribution is 0.151. The summed E-state index contributed by atoms with van der Waals surface area (Å²) in [5.41, 5.74) is 3.06. The van der Waals surface area contributed by atoms with Gasteiger partial charge in [-0.3, -0.25) is 4.90 Å². The highest BCUT2D eigenvalue weighted by Crippen LogP contribution is 2.33. The average molecular weight is 272 g/mol. The van der Waals surface area contributed by atoms with E-state index in [0.717, 1.165) is 19.1 Å². The predicted molar refractivity (Wildman–Crippen MR) is 84.8 cm³/mol. The van der Waals surface area contributed by atoms with Crippen molar-refractivity contribution >= 4 is 0 Å². The third-order valence-electron chi connectivity index (χ3n) is 5.22. The quantitative estimate of drug-likeness (QED) is 0.822. The van der Waals surface area contributed by atoms with Gasteiger partial charge in [-0.15, -0.1) is 0 Å². The minimum absolute atomic E-state index is 0.601. The van der Waals surface area contributed by atoms with Crippen molar-refractivity contribution in [2.75, 3.05) is 13.6 Å². The number of rotatable bonds is 2. The second-order valence-corrected chi connectivity index (χ2v) is 6.49. The van der Waals surface area contributed by atoms with Gasteiger partial charge < -0.3 is 5.32 Å². The van der Waals surface area contributed by atoms with Crippen LogP contribution in [0.3, 0.4) is 0 Å². The molecule has 1 fully saturated rings. The molecule has 2 nitrogen and oxygen atoms in total. The number of fused-ring (bicyclic) bond motifs is 1. The Morgan fingerprint density at radius 3 is 2.55 bits per heavy atom. The van der Waals surface area contributed by atoms with Crippen molar-refractivity contribution in [1.29, 1.82) is 0 Å². The summed E-state index contributed by atoms with van der Waals surface area (Å²) in [4.78, 5) is 2.69. The molecule has 110 valence electrons. The van der Waals surface area contributed by atoms with E-state index in [1.54, 1.807) is 5.56 Å². The van der Waals surface area contributed by atoms with Crippen LogP contribution < -0.4 is 5.32 Å². The lowest BCUT2D eigenvalue weighted by Crippen LogP contribution is -2.35. The summed E-state index contributed by atoms with van der Waals surface area (Å²) in [5, 5.41) is 3.58. The second-order valence-electron chi connectivity index (χ2n) is 6.49. The first-order valence-corrected chi connectivity index (χ1v) is 8.37. The Morgan fingerprint density at radius 1 is 1.00 bits per heavy atom. The fourth-order valence-electron chi connectivity index (χ4n) is 3.98. The molecule has 1 aromatic rings. The van der Waals surface area contributed by atoms with Crippen LogP contribution in [0.25, 0.3) is 0 Å². The van der Waals surface area contributed by atoms with Crippen molar-refractivity contribution in [2.24, 2.45) is 0 Å². The molecule has 1 saturated carbocycles. The lowest BCUT2D eigenvalue weighted by Gasteiger charge is -2.35. The molecule has 1 aliphatic carbocycles. The summed E-state index contributed by atoms with van der Waals surface area (Å²) < 4.78 is 0. The van der Waals surface area contributed by atoms with Crippen molar-refractivity contribution < 1.29 is 0 Å². The van der Waals surface area contributed by atoms with Crippen LogP contribution >= 0.6 is 0 Å². The molecule has 0 bridgehead atoms. The molecule has 0 saturated heterocycles. The topological polar surface area (TPSA) is 15.3 Å². The van der Waals surface area contributed by atoms with Crippen LogP contribution in [0.1, 0.15) is 62.1 Å². The molecular weight excluding hydrogens is 244 g/mol. The highest BCUT2D eigenvalue weighted by molar-refractivity contribution is 5.31. The van der Waals surface area contributed by atoms with Gasteiger partial charge in [0, 0.05) is 18.6 Å². The highest BCUT2D eigenvalue weighted by Gasteiger charge is 2.27. The first-order chi connectivity index (χ1) is 9.86. The molecular formula is C18H28N2. The molecule has 1 heterocycles. The number of nitrogens with one attached hydrogen (secondary N) is 1. The molecule has 1 unspecified atom stereocenters. The lowest BCUT2D eigenvalue weighted by atomic mass is 9.95. The van der Waals surface area contributed by atoms with Gasteiger partial charge in [0.25, 0.3) is 0 Å². The van der Waals surface area contributed by atoms with Gasteiger partial charge in [-0.2, -0.15) is 0 Å². The molecule has 3 rings (SSSR count). The molecule has 0 radical (unpaired) electrons. The maximum Gasteiger partial charge on any atom is 0.0363 e. The molecule has 20 heavy (non-hydrogen) atoms. The van der Waals surface area contributed by atoms with Crippen molar-refractivity contribution in [3.63, 3.8) is 0 Å². The smallest absolute Gasteiger partial charge is 0.0363 e. The minimum atomic E-state index is 0.601. The van der Waals surface area contributed by atoms with Gasteiger partial charge in [0.05, 0.1) is 0 Å². The third kappa shape index (κ3) is 3.07. The third-order valence-corrected chi connectivity index (χ3v) is 5.22. The van der Waals surface area contributed by atoms with E-state index in [1.807, 2.05) is 0 Å². The van der Waals surface area contributed by atoms with Crippen molar-refractivity contribution in [3.05, 3.63) is 35.4 Å². The zero-order chi connectivity index (χ0) is 13.8. The molecule has 0 spiro atoms. The van der Waals surface area contributed by atoms with Gasteiger partial charge >= 0.3 is 0 Å². The van der Waals surface area contributed by atoms with E-state index in [2.05, 4.69) is 41.5 Å².